The second-order valence-corrected chi connectivity index (χ2v) is 4.49. The predicted octanol–water partition coefficient (Wildman–Crippen LogP) is 2.59. The second kappa shape index (κ2) is 5.75. The highest BCUT2D eigenvalue weighted by molar-refractivity contribution is 9.10. The molecule has 0 aliphatic heterocycles. The number of nitrogens with zero attached hydrogens (tertiary/aromatic N) is 1. The van der Waals surface area contributed by atoms with Gasteiger partial charge in [0.05, 0.1) is 6.61 Å². The van der Waals surface area contributed by atoms with E-state index in [4.69, 9.17) is 5.11 Å². The fourth-order valence-corrected chi connectivity index (χ4v) is 1.86. The van der Waals surface area contributed by atoms with Gasteiger partial charge in [-0.2, -0.15) is 0 Å². The summed E-state index contributed by atoms with van der Waals surface area (Å²) in [7, 11) is 0. The van der Waals surface area contributed by atoms with Crippen molar-refractivity contribution < 1.29 is 9.90 Å². The normalized spacial score (nSPS) is 10.1. The van der Waals surface area contributed by atoms with E-state index in [9.17, 15) is 4.79 Å². The van der Waals surface area contributed by atoms with E-state index in [1.807, 2.05) is 0 Å². The maximum Gasteiger partial charge on any atom is 0.255 e. The molecule has 0 aliphatic rings. The van der Waals surface area contributed by atoms with Crippen molar-refractivity contribution in [2.75, 3.05) is 5.32 Å². The van der Waals surface area contributed by atoms with Gasteiger partial charge in [0.1, 0.15) is 4.60 Å². The van der Waals surface area contributed by atoms with E-state index in [1.54, 1.807) is 42.6 Å². The van der Waals surface area contributed by atoms with Crippen molar-refractivity contribution in [3.8, 4) is 0 Å². The number of hydrogen-bond acceptors (Lipinski definition) is 3. The molecule has 92 valence electrons. The first-order chi connectivity index (χ1) is 8.69. The Morgan fingerprint density at radius 3 is 2.89 bits per heavy atom. The van der Waals surface area contributed by atoms with Crippen LogP contribution in [0, 0.1) is 0 Å². The number of aliphatic hydroxyl groups is 1. The Balaban J connectivity index is 2.16. The minimum Gasteiger partial charge on any atom is -0.392 e. The molecule has 4 nitrogen and oxygen atoms in total. The largest absolute Gasteiger partial charge is 0.392 e. The molecule has 0 saturated carbocycles. The average Bonchev–Trinajstić information content (AvgIpc) is 2.39. The summed E-state index contributed by atoms with van der Waals surface area (Å²) in [6.07, 6.45) is 1.56. The average molecular weight is 307 g/mol. The number of nitrogens with one attached hydrogen (secondary N) is 1. The van der Waals surface area contributed by atoms with Crippen LogP contribution in [0.15, 0.2) is 47.2 Å². The van der Waals surface area contributed by atoms with Gasteiger partial charge >= 0.3 is 0 Å². The third-order valence-electron chi connectivity index (χ3n) is 2.36. The number of benzene rings is 1. The van der Waals surface area contributed by atoms with Crippen molar-refractivity contribution in [2.24, 2.45) is 0 Å². The molecule has 0 aliphatic carbocycles. The van der Waals surface area contributed by atoms with Crippen molar-refractivity contribution in [2.45, 2.75) is 6.61 Å². The highest BCUT2D eigenvalue weighted by atomic mass is 79.9. The molecule has 0 spiro atoms. The minimum atomic E-state index is -0.215. The summed E-state index contributed by atoms with van der Waals surface area (Å²) in [6.45, 7) is -0.0511. The van der Waals surface area contributed by atoms with Gasteiger partial charge in [0.25, 0.3) is 5.91 Å². The van der Waals surface area contributed by atoms with Crippen molar-refractivity contribution in [3.05, 3.63) is 58.3 Å². The molecule has 0 radical (unpaired) electrons. The molecule has 2 rings (SSSR count). The van der Waals surface area contributed by atoms with Crippen LogP contribution in [-0.2, 0) is 6.61 Å². The molecule has 5 heteroatoms. The number of aliphatic hydroxyl groups excluding tert-OH is 1. The van der Waals surface area contributed by atoms with Gasteiger partial charge in [0.2, 0.25) is 0 Å². The van der Waals surface area contributed by atoms with Crippen LogP contribution in [0.4, 0.5) is 5.69 Å². The molecule has 0 atom stereocenters. The van der Waals surface area contributed by atoms with Crippen LogP contribution >= 0.6 is 15.9 Å². The van der Waals surface area contributed by atoms with Crippen molar-refractivity contribution >= 4 is 27.5 Å². The van der Waals surface area contributed by atoms with Crippen molar-refractivity contribution in [3.63, 3.8) is 0 Å². The fourth-order valence-electron chi connectivity index (χ4n) is 1.49. The Morgan fingerprint density at radius 1 is 1.33 bits per heavy atom. The summed E-state index contributed by atoms with van der Waals surface area (Å²) in [6, 6.07) is 10.4. The zero-order chi connectivity index (χ0) is 13.0. The quantitative estimate of drug-likeness (QED) is 0.857. The van der Waals surface area contributed by atoms with Crippen molar-refractivity contribution in [1.29, 1.82) is 0 Å². The van der Waals surface area contributed by atoms with Crippen molar-refractivity contribution in [1.82, 2.24) is 4.98 Å². The highest BCUT2D eigenvalue weighted by Crippen LogP contribution is 2.13. The van der Waals surface area contributed by atoms with Gasteiger partial charge < -0.3 is 10.4 Å². The standard InChI is InChI=1S/C13H11BrN2O2/c14-12-7-10(4-5-15-12)13(18)16-11-3-1-2-9(6-11)8-17/h1-7,17H,8H2,(H,16,18). The van der Waals surface area contributed by atoms with Crippen LogP contribution in [0.1, 0.15) is 15.9 Å². The molecule has 1 aromatic carbocycles. The lowest BCUT2D eigenvalue weighted by Crippen LogP contribution is -2.12. The van der Waals surface area contributed by atoms with E-state index in [1.165, 1.54) is 0 Å². The molecular weight excluding hydrogens is 296 g/mol. The minimum absolute atomic E-state index is 0.0511. The fraction of sp³-hybridized carbons (Fsp3) is 0.0769. The Labute approximate surface area is 113 Å². The van der Waals surface area contributed by atoms with Crippen LogP contribution in [-0.4, -0.2) is 16.0 Å². The summed E-state index contributed by atoms with van der Waals surface area (Å²) >= 11 is 3.21. The van der Waals surface area contributed by atoms with E-state index in [0.717, 1.165) is 5.56 Å². The van der Waals surface area contributed by atoms with Crippen LogP contribution < -0.4 is 5.32 Å². The maximum absolute atomic E-state index is 11.9. The molecule has 0 bridgehead atoms. The van der Waals surface area contributed by atoms with E-state index < -0.39 is 0 Å². The summed E-state index contributed by atoms with van der Waals surface area (Å²) in [5, 5.41) is 11.8. The summed E-state index contributed by atoms with van der Waals surface area (Å²) in [4.78, 5) is 15.9. The molecule has 18 heavy (non-hydrogen) atoms. The van der Waals surface area contributed by atoms with Crippen LogP contribution in [0.25, 0.3) is 0 Å². The third kappa shape index (κ3) is 3.15. The van der Waals surface area contributed by atoms with Gasteiger partial charge in [0.15, 0.2) is 0 Å². The Kier molecular flexibility index (Phi) is 4.07. The van der Waals surface area contributed by atoms with Gasteiger partial charge in [-0.3, -0.25) is 4.79 Å². The molecular formula is C13H11BrN2O2. The van der Waals surface area contributed by atoms with Gasteiger partial charge in [-0.15, -0.1) is 0 Å². The van der Waals surface area contributed by atoms with E-state index in [2.05, 4.69) is 26.2 Å². The lowest BCUT2D eigenvalue weighted by molar-refractivity contribution is 0.102. The number of rotatable bonds is 3. The summed E-state index contributed by atoms with van der Waals surface area (Å²) in [5.41, 5.74) is 1.93. The molecule has 0 unspecified atom stereocenters. The lowest BCUT2D eigenvalue weighted by atomic mass is 10.2. The van der Waals surface area contributed by atoms with E-state index in [-0.39, 0.29) is 12.5 Å². The van der Waals surface area contributed by atoms with Gasteiger partial charge in [-0.05, 0) is 45.8 Å². The van der Waals surface area contributed by atoms with Gasteiger partial charge in [-0.1, -0.05) is 12.1 Å². The monoisotopic (exact) mass is 306 g/mol. The first-order valence-electron chi connectivity index (χ1n) is 5.32. The maximum atomic E-state index is 11.9. The molecule has 2 aromatic rings. The highest BCUT2D eigenvalue weighted by Gasteiger charge is 2.06. The molecule has 2 N–H and O–H groups in total. The van der Waals surface area contributed by atoms with Gasteiger partial charge in [-0.25, -0.2) is 4.98 Å². The first kappa shape index (κ1) is 12.7. The topological polar surface area (TPSA) is 62.2 Å². The predicted molar refractivity (Wildman–Crippen MR) is 72.3 cm³/mol. The number of halogens is 1. The molecule has 1 amide bonds. The van der Waals surface area contributed by atoms with Crippen LogP contribution in [0.5, 0.6) is 0 Å². The number of hydrogen-bond donors (Lipinski definition) is 2. The third-order valence-corrected chi connectivity index (χ3v) is 2.79. The molecule has 0 saturated heterocycles. The summed E-state index contributed by atoms with van der Waals surface area (Å²) in [5.74, 6) is -0.215. The first-order valence-corrected chi connectivity index (χ1v) is 6.11. The molecule has 1 aromatic heterocycles. The number of anilines is 1. The Hall–Kier alpha value is -1.72. The number of pyridine rings is 1. The SMILES string of the molecule is O=C(Nc1cccc(CO)c1)c1ccnc(Br)c1. The molecule has 0 fully saturated rings. The second-order valence-electron chi connectivity index (χ2n) is 3.68. The number of carbonyl (C=O) groups is 1. The molecule has 1 heterocycles. The van der Waals surface area contributed by atoms with E-state index >= 15 is 0 Å². The number of amides is 1. The van der Waals surface area contributed by atoms with Crippen LogP contribution in [0.2, 0.25) is 0 Å². The lowest BCUT2D eigenvalue weighted by Gasteiger charge is -2.06. The number of carbonyl (C=O) groups excluding carboxylic acids is 1. The smallest absolute Gasteiger partial charge is 0.255 e. The van der Waals surface area contributed by atoms with Crippen LogP contribution in [0.3, 0.4) is 0 Å². The Bertz CT molecular complexity index is 572. The zero-order valence-electron chi connectivity index (χ0n) is 9.43. The number of aromatic nitrogens is 1. The zero-order valence-corrected chi connectivity index (χ0v) is 11.0. The Morgan fingerprint density at radius 2 is 2.17 bits per heavy atom. The summed E-state index contributed by atoms with van der Waals surface area (Å²) < 4.78 is 0.610. The van der Waals surface area contributed by atoms with Gasteiger partial charge in [0, 0.05) is 17.4 Å². The van der Waals surface area contributed by atoms with E-state index in [0.29, 0.717) is 15.9 Å².